The molecule has 24 heavy (non-hydrogen) atoms. The number of nitrogens with zero attached hydrogens (tertiary/aromatic N) is 1. The predicted octanol–water partition coefficient (Wildman–Crippen LogP) is 2.62. The number of phenolic OH excluding ortho intramolecular Hbond substituents is 1. The van der Waals surface area contributed by atoms with E-state index in [1.165, 1.54) is 12.1 Å². The lowest BCUT2D eigenvalue weighted by molar-refractivity contribution is 0.318. The molecule has 0 heterocycles. The van der Waals surface area contributed by atoms with Crippen LogP contribution in [0.1, 0.15) is 31.0 Å². The number of sulfonamides is 1. The van der Waals surface area contributed by atoms with Crippen LogP contribution < -0.4 is 9.88 Å². The number of nitrogens with two attached hydrogens (primary N) is 1. The van der Waals surface area contributed by atoms with E-state index in [0.29, 0.717) is 17.9 Å². The second-order valence-electron chi connectivity index (χ2n) is 5.20. The number of aromatic hydroxyl groups is 1. The van der Waals surface area contributed by atoms with E-state index in [9.17, 15) is 13.5 Å². The summed E-state index contributed by atoms with van der Waals surface area (Å²) >= 11 is 0. The number of primary sulfonamides is 1. The van der Waals surface area contributed by atoms with Gasteiger partial charge in [-0.2, -0.15) is 0 Å². The molecule has 0 aliphatic rings. The van der Waals surface area contributed by atoms with Gasteiger partial charge >= 0.3 is 0 Å². The Morgan fingerprint density at radius 1 is 1.25 bits per heavy atom. The Kier molecular flexibility index (Phi) is 5.58. The molecule has 2 aromatic carbocycles. The highest BCUT2D eigenvalue weighted by Crippen LogP contribution is 2.29. The maximum atomic E-state index is 11.3. The topological polar surface area (TPSA) is 102 Å². The van der Waals surface area contributed by atoms with Crippen molar-refractivity contribution in [2.24, 2.45) is 10.1 Å². The van der Waals surface area contributed by atoms with E-state index in [0.717, 1.165) is 5.56 Å². The number of benzene rings is 2. The van der Waals surface area contributed by atoms with Crippen LogP contribution in [0.3, 0.4) is 0 Å². The third-order valence-electron chi connectivity index (χ3n) is 3.46. The first-order valence-electron chi connectivity index (χ1n) is 7.43. The van der Waals surface area contributed by atoms with Gasteiger partial charge in [0.1, 0.15) is 0 Å². The molecule has 2 rings (SSSR count). The van der Waals surface area contributed by atoms with E-state index in [2.05, 4.69) is 4.99 Å². The van der Waals surface area contributed by atoms with E-state index in [4.69, 9.17) is 9.88 Å². The minimum absolute atomic E-state index is 0.0415. The van der Waals surface area contributed by atoms with Gasteiger partial charge in [0.15, 0.2) is 11.5 Å². The molecular weight excluding hydrogens is 328 g/mol. The molecule has 0 amide bonds. The summed E-state index contributed by atoms with van der Waals surface area (Å²) in [6.07, 6.45) is 1.57. The van der Waals surface area contributed by atoms with Gasteiger partial charge in [0.2, 0.25) is 10.0 Å². The molecule has 1 atom stereocenters. The van der Waals surface area contributed by atoms with Gasteiger partial charge in [0.25, 0.3) is 0 Å². The number of para-hydroxylation sites is 1. The van der Waals surface area contributed by atoms with Crippen molar-refractivity contribution < 1.29 is 18.3 Å². The summed E-state index contributed by atoms with van der Waals surface area (Å²) in [6.45, 7) is 4.17. The predicted molar refractivity (Wildman–Crippen MR) is 93.1 cm³/mol. The molecule has 0 unspecified atom stereocenters. The van der Waals surface area contributed by atoms with Gasteiger partial charge in [-0.25, -0.2) is 13.6 Å². The zero-order valence-corrected chi connectivity index (χ0v) is 14.3. The summed E-state index contributed by atoms with van der Waals surface area (Å²) in [5.74, 6) is 0.450. The molecule has 2 aromatic rings. The molecule has 6 nitrogen and oxygen atoms in total. The van der Waals surface area contributed by atoms with Crippen LogP contribution in [-0.4, -0.2) is 26.3 Å². The second kappa shape index (κ2) is 7.46. The highest BCUT2D eigenvalue weighted by molar-refractivity contribution is 7.89. The zero-order chi connectivity index (χ0) is 17.7. The number of phenols is 1. The van der Waals surface area contributed by atoms with Crippen molar-refractivity contribution in [2.75, 3.05) is 6.61 Å². The summed E-state index contributed by atoms with van der Waals surface area (Å²) < 4.78 is 27.8. The SMILES string of the molecule is CCOc1cccc(C=N[C@@H](C)c2ccc(S(N)(=O)=O)cc2)c1O. The largest absolute Gasteiger partial charge is 0.504 e. The van der Waals surface area contributed by atoms with Gasteiger partial charge in [-0.3, -0.25) is 4.99 Å². The van der Waals surface area contributed by atoms with Gasteiger partial charge in [0, 0.05) is 11.8 Å². The van der Waals surface area contributed by atoms with Crippen molar-refractivity contribution in [3.63, 3.8) is 0 Å². The molecule has 0 saturated carbocycles. The molecule has 0 saturated heterocycles. The molecule has 0 aromatic heterocycles. The van der Waals surface area contributed by atoms with Crippen LogP contribution >= 0.6 is 0 Å². The van der Waals surface area contributed by atoms with Crippen molar-refractivity contribution in [3.8, 4) is 11.5 Å². The Morgan fingerprint density at radius 3 is 2.50 bits per heavy atom. The average Bonchev–Trinajstić information content (AvgIpc) is 2.55. The van der Waals surface area contributed by atoms with Gasteiger partial charge in [-0.15, -0.1) is 0 Å². The van der Waals surface area contributed by atoms with Crippen molar-refractivity contribution in [2.45, 2.75) is 24.8 Å². The number of hydrogen-bond acceptors (Lipinski definition) is 5. The van der Waals surface area contributed by atoms with Crippen molar-refractivity contribution in [3.05, 3.63) is 53.6 Å². The third-order valence-corrected chi connectivity index (χ3v) is 4.39. The Labute approximate surface area is 141 Å². The van der Waals surface area contributed by atoms with Crippen molar-refractivity contribution >= 4 is 16.2 Å². The summed E-state index contributed by atoms with van der Waals surface area (Å²) in [5.41, 5.74) is 1.38. The monoisotopic (exact) mass is 348 g/mol. The number of aliphatic imine (C=N–C) groups is 1. The minimum atomic E-state index is -3.70. The van der Waals surface area contributed by atoms with Crippen LogP contribution in [0.25, 0.3) is 0 Å². The molecule has 0 aliphatic carbocycles. The normalized spacial score (nSPS) is 13.1. The van der Waals surface area contributed by atoms with Gasteiger partial charge in [-0.1, -0.05) is 18.2 Å². The van der Waals surface area contributed by atoms with Crippen LogP contribution in [0.15, 0.2) is 52.4 Å². The summed E-state index contributed by atoms with van der Waals surface area (Å²) in [6, 6.07) is 11.2. The molecule has 0 radical (unpaired) electrons. The third kappa shape index (κ3) is 4.33. The van der Waals surface area contributed by atoms with E-state index in [1.54, 1.807) is 36.5 Å². The lowest BCUT2D eigenvalue weighted by Gasteiger charge is -2.09. The van der Waals surface area contributed by atoms with E-state index in [-0.39, 0.29) is 16.7 Å². The zero-order valence-electron chi connectivity index (χ0n) is 13.5. The quantitative estimate of drug-likeness (QED) is 0.783. The lowest BCUT2D eigenvalue weighted by Crippen LogP contribution is -2.12. The van der Waals surface area contributed by atoms with E-state index >= 15 is 0 Å². The Balaban J connectivity index is 2.19. The summed E-state index contributed by atoms with van der Waals surface area (Å²) in [5, 5.41) is 15.2. The summed E-state index contributed by atoms with van der Waals surface area (Å²) in [7, 11) is -3.70. The fourth-order valence-corrected chi connectivity index (χ4v) is 2.65. The highest BCUT2D eigenvalue weighted by Gasteiger charge is 2.10. The Bertz CT molecular complexity index is 830. The first kappa shape index (κ1) is 18.0. The van der Waals surface area contributed by atoms with Crippen LogP contribution in [0, 0.1) is 0 Å². The summed E-state index contributed by atoms with van der Waals surface area (Å²) in [4.78, 5) is 4.46. The second-order valence-corrected chi connectivity index (χ2v) is 6.76. The highest BCUT2D eigenvalue weighted by atomic mass is 32.2. The average molecular weight is 348 g/mol. The fraction of sp³-hybridized carbons (Fsp3) is 0.235. The number of hydrogen-bond donors (Lipinski definition) is 2. The molecule has 0 spiro atoms. The molecule has 7 heteroatoms. The van der Waals surface area contributed by atoms with E-state index in [1.807, 2.05) is 13.8 Å². The number of ether oxygens (including phenoxy) is 1. The van der Waals surface area contributed by atoms with Gasteiger partial charge < -0.3 is 9.84 Å². The van der Waals surface area contributed by atoms with E-state index < -0.39 is 10.0 Å². The van der Waals surface area contributed by atoms with Gasteiger partial charge in [0.05, 0.1) is 17.5 Å². The van der Waals surface area contributed by atoms with Gasteiger partial charge in [-0.05, 0) is 43.7 Å². The van der Waals surface area contributed by atoms with Crippen LogP contribution in [-0.2, 0) is 10.0 Å². The minimum Gasteiger partial charge on any atom is -0.504 e. The first-order chi connectivity index (χ1) is 11.3. The maximum Gasteiger partial charge on any atom is 0.238 e. The smallest absolute Gasteiger partial charge is 0.238 e. The Morgan fingerprint density at radius 2 is 1.92 bits per heavy atom. The lowest BCUT2D eigenvalue weighted by atomic mass is 10.1. The molecule has 0 fully saturated rings. The van der Waals surface area contributed by atoms with Crippen LogP contribution in [0.2, 0.25) is 0 Å². The standard InChI is InChI=1S/C17H20N2O4S/c1-3-23-16-6-4-5-14(17(16)20)11-19-12(2)13-7-9-15(10-8-13)24(18,21)22/h4-12,20H,3H2,1-2H3,(H2,18,21,22)/t12-/m0/s1. The van der Waals surface area contributed by atoms with Crippen LogP contribution in [0.4, 0.5) is 0 Å². The molecule has 0 bridgehead atoms. The Hall–Kier alpha value is -2.38. The number of rotatable bonds is 6. The van der Waals surface area contributed by atoms with Crippen molar-refractivity contribution in [1.29, 1.82) is 0 Å². The molecule has 3 N–H and O–H groups in total. The maximum absolute atomic E-state index is 11.3. The fourth-order valence-electron chi connectivity index (χ4n) is 2.13. The first-order valence-corrected chi connectivity index (χ1v) is 8.98. The van der Waals surface area contributed by atoms with Crippen LogP contribution in [0.5, 0.6) is 11.5 Å². The molecular formula is C17H20N2O4S. The van der Waals surface area contributed by atoms with Crippen molar-refractivity contribution in [1.82, 2.24) is 0 Å². The molecule has 128 valence electrons. The molecule has 0 aliphatic heterocycles.